The first-order valence-electron chi connectivity index (χ1n) is 11.9. The predicted molar refractivity (Wildman–Crippen MR) is 133 cm³/mol. The molecule has 1 amide bonds. The van der Waals surface area contributed by atoms with Gasteiger partial charge in [-0.05, 0) is 48.7 Å². The Morgan fingerprint density at radius 3 is 2.17 bits per heavy atom. The molecule has 2 aromatic carbocycles. The van der Waals surface area contributed by atoms with Crippen LogP contribution in [0.3, 0.4) is 0 Å². The molecule has 196 valence electrons. The number of morpholine rings is 1. The van der Waals surface area contributed by atoms with Crippen molar-refractivity contribution in [1.82, 2.24) is 13.9 Å². The number of hydrogen-bond donors (Lipinski definition) is 1. The summed E-state index contributed by atoms with van der Waals surface area (Å²) in [6, 6.07) is 10.7. The maximum absolute atomic E-state index is 13.2. The first-order valence-corrected chi connectivity index (χ1v) is 14.7. The first kappa shape index (κ1) is 26.6. The van der Waals surface area contributed by atoms with Gasteiger partial charge in [-0.3, -0.25) is 4.79 Å². The second-order valence-electron chi connectivity index (χ2n) is 8.67. The van der Waals surface area contributed by atoms with Gasteiger partial charge in [-0.15, -0.1) is 0 Å². The van der Waals surface area contributed by atoms with Gasteiger partial charge in [-0.25, -0.2) is 16.8 Å². The van der Waals surface area contributed by atoms with Gasteiger partial charge in [-0.1, -0.05) is 18.6 Å². The fourth-order valence-electron chi connectivity index (χ4n) is 4.26. The average Bonchev–Trinajstić information content (AvgIpc) is 2.92. The van der Waals surface area contributed by atoms with Crippen molar-refractivity contribution in [2.75, 3.05) is 46.5 Å². The summed E-state index contributed by atoms with van der Waals surface area (Å²) in [6.07, 6.45) is 2.59. The van der Waals surface area contributed by atoms with Gasteiger partial charge in [0.1, 0.15) is 10.6 Å². The second-order valence-corrected chi connectivity index (χ2v) is 12.5. The number of piperidine rings is 1. The van der Waals surface area contributed by atoms with Crippen LogP contribution in [0.15, 0.2) is 52.3 Å². The van der Waals surface area contributed by atoms with E-state index in [1.54, 1.807) is 12.1 Å². The van der Waals surface area contributed by atoms with Crippen LogP contribution in [0.2, 0.25) is 0 Å². The summed E-state index contributed by atoms with van der Waals surface area (Å²) in [5.74, 6) is -0.257. The van der Waals surface area contributed by atoms with E-state index in [0.717, 1.165) is 19.3 Å². The number of ether oxygens (including phenoxy) is 2. The number of carbonyl (C=O) groups excluding carboxylic acids is 1. The van der Waals surface area contributed by atoms with E-state index >= 15 is 0 Å². The van der Waals surface area contributed by atoms with Crippen LogP contribution in [0.1, 0.15) is 35.2 Å². The van der Waals surface area contributed by atoms with Gasteiger partial charge in [0.15, 0.2) is 0 Å². The molecule has 2 aliphatic rings. The highest BCUT2D eigenvalue weighted by molar-refractivity contribution is 7.89. The summed E-state index contributed by atoms with van der Waals surface area (Å²) in [4.78, 5) is 13.0. The topological polar surface area (TPSA) is 122 Å². The van der Waals surface area contributed by atoms with E-state index in [1.165, 1.54) is 46.1 Å². The lowest BCUT2D eigenvalue weighted by molar-refractivity contribution is 0.0730. The van der Waals surface area contributed by atoms with Crippen molar-refractivity contribution < 1.29 is 31.1 Å². The predicted octanol–water partition coefficient (Wildman–Crippen LogP) is 1.82. The van der Waals surface area contributed by atoms with Crippen molar-refractivity contribution in [3.05, 3.63) is 53.6 Å². The number of nitrogens with one attached hydrogen (secondary N) is 1. The highest BCUT2D eigenvalue weighted by atomic mass is 32.2. The Bertz CT molecular complexity index is 1280. The number of carbonyl (C=O) groups is 1. The van der Waals surface area contributed by atoms with Gasteiger partial charge in [-0.2, -0.15) is 8.61 Å². The van der Waals surface area contributed by atoms with Gasteiger partial charge in [0.05, 0.1) is 25.2 Å². The minimum atomic E-state index is -3.80. The molecule has 0 radical (unpaired) electrons. The van der Waals surface area contributed by atoms with E-state index in [4.69, 9.17) is 9.47 Å². The fraction of sp³-hybridized carbons (Fsp3) is 0.458. The quantitative estimate of drug-likeness (QED) is 0.545. The molecule has 2 aromatic rings. The molecule has 0 unspecified atom stereocenters. The Morgan fingerprint density at radius 1 is 0.889 bits per heavy atom. The molecule has 4 rings (SSSR count). The third-order valence-electron chi connectivity index (χ3n) is 6.34. The molecular weight excluding hydrogens is 506 g/mol. The minimum absolute atomic E-state index is 0.0303. The Morgan fingerprint density at radius 2 is 1.53 bits per heavy atom. The lowest BCUT2D eigenvalue weighted by Crippen LogP contribution is -2.40. The van der Waals surface area contributed by atoms with Crippen LogP contribution in [0.4, 0.5) is 0 Å². The summed E-state index contributed by atoms with van der Waals surface area (Å²) in [5.41, 5.74) is 0.900. The normalized spacial score (nSPS) is 18.0. The van der Waals surface area contributed by atoms with E-state index in [-0.39, 0.29) is 27.6 Å². The second kappa shape index (κ2) is 11.3. The summed E-state index contributed by atoms with van der Waals surface area (Å²) in [6.45, 7) is 2.41. The number of amides is 1. The van der Waals surface area contributed by atoms with Gasteiger partial charge < -0.3 is 14.8 Å². The van der Waals surface area contributed by atoms with E-state index in [0.29, 0.717) is 45.0 Å². The van der Waals surface area contributed by atoms with Crippen molar-refractivity contribution >= 4 is 26.0 Å². The number of hydrogen-bond acceptors (Lipinski definition) is 7. The monoisotopic (exact) mass is 537 g/mol. The molecule has 0 aromatic heterocycles. The molecular formula is C24H31N3O7S2. The summed E-state index contributed by atoms with van der Waals surface area (Å²) < 4.78 is 65.3. The summed E-state index contributed by atoms with van der Waals surface area (Å²) in [5, 5.41) is 2.77. The molecule has 12 heteroatoms. The number of rotatable bonds is 8. The number of sulfonamides is 2. The minimum Gasteiger partial charge on any atom is -0.495 e. The van der Waals surface area contributed by atoms with E-state index < -0.39 is 26.0 Å². The largest absolute Gasteiger partial charge is 0.495 e. The molecule has 2 aliphatic heterocycles. The maximum Gasteiger partial charge on any atom is 0.251 e. The van der Waals surface area contributed by atoms with Gasteiger partial charge in [0, 0.05) is 38.3 Å². The van der Waals surface area contributed by atoms with Crippen LogP contribution in [0.5, 0.6) is 5.75 Å². The molecule has 2 saturated heterocycles. The Hall–Kier alpha value is -2.51. The lowest BCUT2D eigenvalue weighted by atomic mass is 10.2. The summed E-state index contributed by atoms with van der Waals surface area (Å²) >= 11 is 0. The van der Waals surface area contributed by atoms with Crippen LogP contribution < -0.4 is 10.1 Å². The van der Waals surface area contributed by atoms with Gasteiger partial charge in [0.2, 0.25) is 20.0 Å². The van der Waals surface area contributed by atoms with Crippen molar-refractivity contribution in [2.24, 2.45) is 0 Å². The lowest BCUT2D eigenvalue weighted by Gasteiger charge is -2.26. The molecule has 0 aliphatic carbocycles. The molecule has 0 bridgehead atoms. The van der Waals surface area contributed by atoms with Crippen molar-refractivity contribution in [3.8, 4) is 5.75 Å². The Kier molecular flexibility index (Phi) is 8.30. The van der Waals surface area contributed by atoms with E-state index in [9.17, 15) is 21.6 Å². The molecule has 10 nitrogen and oxygen atoms in total. The number of methoxy groups -OCH3 is 1. The first-order chi connectivity index (χ1) is 17.2. The van der Waals surface area contributed by atoms with Crippen LogP contribution in [0.25, 0.3) is 0 Å². The fourth-order valence-corrected chi connectivity index (χ4v) is 7.37. The third kappa shape index (κ3) is 5.73. The molecule has 0 atom stereocenters. The zero-order chi connectivity index (χ0) is 25.8. The number of benzene rings is 2. The Balaban J connectivity index is 1.45. The SMILES string of the molecule is COc1ccc(C(=O)NCc2ccc(S(=O)(=O)N3CCOCC3)cc2)cc1S(=O)(=O)N1CCCCC1. The Labute approximate surface area is 212 Å². The van der Waals surface area contributed by atoms with Crippen molar-refractivity contribution in [2.45, 2.75) is 35.6 Å². The van der Waals surface area contributed by atoms with Crippen LogP contribution in [0, 0.1) is 0 Å². The van der Waals surface area contributed by atoms with Crippen molar-refractivity contribution in [3.63, 3.8) is 0 Å². The third-order valence-corrected chi connectivity index (χ3v) is 10.2. The smallest absolute Gasteiger partial charge is 0.251 e. The molecule has 1 N–H and O–H groups in total. The molecule has 2 fully saturated rings. The van der Waals surface area contributed by atoms with Crippen LogP contribution >= 0.6 is 0 Å². The molecule has 0 saturated carbocycles. The molecule has 2 heterocycles. The summed E-state index contributed by atoms with van der Waals surface area (Å²) in [7, 11) is -6.00. The highest BCUT2D eigenvalue weighted by Gasteiger charge is 2.30. The van der Waals surface area contributed by atoms with E-state index in [1.807, 2.05) is 0 Å². The van der Waals surface area contributed by atoms with Gasteiger partial charge in [0.25, 0.3) is 5.91 Å². The highest BCUT2D eigenvalue weighted by Crippen LogP contribution is 2.29. The van der Waals surface area contributed by atoms with Crippen LogP contribution in [-0.2, 0) is 31.3 Å². The molecule has 36 heavy (non-hydrogen) atoms. The molecule has 0 spiro atoms. The van der Waals surface area contributed by atoms with Crippen molar-refractivity contribution in [1.29, 1.82) is 0 Å². The van der Waals surface area contributed by atoms with Gasteiger partial charge >= 0.3 is 0 Å². The average molecular weight is 538 g/mol. The number of nitrogens with zero attached hydrogens (tertiary/aromatic N) is 2. The maximum atomic E-state index is 13.2. The van der Waals surface area contributed by atoms with E-state index in [2.05, 4.69) is 5.32 Å². The van der Waals surface area contributed by atoms with Crippen LogP contribution in [-0.4, -0.2) is 77.9 Å². The zero-order valence-corrected chi connectivity index (χ0v) is 21.8. The zero-order valence-electron chi connectivity index (χ0n) is 20.2. The standard InChI is InChI=1S/C24H31N3O7S2/c1-33-22-10-7-20(17-23(22)36(31,32)26-11-3-2-4-12-26)24(28)25-18-19-5-8-21(9-6-19)35(29,30)27-13-15-34-16-14-27/h5-10,17H,2-4,11-16,18H2,1H3,(H,25,28).